The molecule has 0 amide bonds. The second-order valence-corrected chi connectivity index (χ2v) is 3.00. The molecule has 0 aliphatic rings. The van der Waals surface area contributed by atoms with Crippen LogP contribution in [0.2, 0.25) is 0 Å². The molecule has 1 nitrogen and oxygen atoms in total. The number of hydrogen-bond acceptors (Lipinski definition) is 2. The van der Waals surface area contributed by atoms with Crippen molar-refractivity contribution in [3.63, 3.8) is 0 Å². The van der Waals surface area contributed by atoms with Gasteiger partial charge in [0.2, 0.25) is 0 Å². The Morgan fingerprint density at radius 1 is 1.86 bits per heavy atom. The van der Waals surface area contributed by atoms with Gasteiger partial charge in [-0.25, -0.2) is 0 Å². The molecule has 0 bridgehead atoms. The van der Waals surface area contributed by atoms with Crippen molar-refractivity contribution < 1.29 is 0 Å². The highest BCUT2D eigenvalue weighted by Crippen LogP contribution is 1.99. The fourth-order valence-electron chi connectivity index (χ4n) is 0.183. The van der Waals surface area contributed by atoms with E-state index >= 15 is 0 Å². The number of rotatable bonds is 1. The lowest BCUT2D eigenvalue weighted by Gasteiger charge is -1.81. The molecule has 1 N–H and O–H groups in total. The number of hydrogen-bond donors (Lipinski definition) is 2. The molecule has 0 spiro atoms. The number of halogens is 1. The number of thiol groups is 1. The standard InChI is InChI=1S/C4H6INS/c1-3(7)2-4(5)6/h2,6-7H,1H3/b3-2-,6-4?. The van der Waals surface area contributed by atoms with Gasteiger partial charge in [0.15, 0.2) is 0 Å². The van der Waals surface area contributed by atoms with Crippen molar-refractivity contribution in [2.24, 2.45) is 0 Å². The minimum atomic E-state index is 0.519. The highest BCUT2D eigenvalue weighted by Gasteiger charge is 1.78. The molecular weight excluding hydrogens is 221 g/mol. The highest BCUT2D eigenvalue weighted by atomic mass is 127. The Morgan fingerprint density at radius 3 is 2.29 bits per heavy atom. The normalized spacial score (nSPS) is 11.6. The molecule has 0 aromatic heterocycles. The van der Waals surface area contributed by atoms with Crippen molar-refractivity contribution in [3.8, 4) is 0 Å². The van der Waals surface area contributed by atoms with E-state index in [1.54, 1.807) is 6.08 Å². The average molecular weight is 227 g/mol. The van der Waals surface area contributed by atoms with E-state index in [4.69, 9.17) is 5.41 Å². The summed E-state index contributed by atoms with van der Waals surface area (Å²) in [5.74, 6) is 0. The minimum absolute atomic E-state index is 0.519. The Kier molecular flexibility index (Phi) is 3.73. The maximum atomic E-state index is 6.89. The van der Waals surface area contributed by atoms with Gasteiger partial charge in [-0.05, 0) is 40.5 Å². The third kappa shape index (κ3) is 6.49. The van der Waals surface area contributed by atoms with Crippen molar-refractivity contribution in [1.29, 1.82) is 5.41 Å². The van der Waals surface area contributed by atoms with Crippen molar-refractivity contribution in [2.75, 3.05) is 0 Å². The molecular formula is C4H6INS. The predicted octanol–water partition coefficient (Wildman–Crippen LogP) is 2.23. The van der Waals surface area contributed by atoms with Gasteiger partial charge in [-0.1, -0.05) is 0 Å². The summed E-state index contributed by atoms with van der Waals surface area (Å²) in [6.07, 6.45) is 1.68. The lowest BCUT2D eigenvalue weighted by Crippen LogP contribution is -1.71. The van der Waals surface area contributed by atoms with Gasteiger partial charge in [0.1, 0.15) is 0 Å². The van der Waals surface area contributed by atoms with E-state index in [-0.39, 0.29) is 0 Å². The summed E-state index contributed by atoms with van der Waals surface area (Å²) < 4.78 is 0.519. The highest BCUT2D eigenvalue weighted by molar-refractivity contribution is 14.1. The smallest absolute Gasteiger partial charge is 0.0927 e. The first-order valence-electron chi connectivity index (χ1n) is 1.74. The van der Waals surface area contributed by atoms with Gasteiger partial charge in [0.05, 0.1) is 3.72 Å². The average Bonchev–Trinajstić information content (AvgIpc) is 1.27. The van der Waals surface area contributed by atoms with Gasteiger partial charge in [-0.15, -0.1) is 12.6 Å². The van der Waals surface area contributed by atoms with Crippen LogP contribution in [0.1, 0.15) is 6.92 Å². The summed E-state index contributed by atoms with van der Waals surface area (Å²) in [4.78, 5) is 0.874. The molecule has 0 heterocycles. The maximum Gasteiger partial charge on any atom is 0.0927 e. The van der Waals surface area contributed by atoms with E-state index in [1.165, 1.54) is 0 Å². The van der Waals surface area contributed by atoms with Gasteiger partial charge in [0.25, 0.3) is 0 Å². The molecule has 0 atom stereocenters. The van der Waals surface area contributed by atoms with Crippen LogP contribution in [0.25, 0.3) is 0 Å². The fourth-order valence-corrected chi connectivity index (χ4v) is 1.03. The number of nitrogens with one attached hydrogen (secondary N) is 1. The van der Waals surface area contributed by atoms with Crippen LogP contribution in [0.3, 0.4) is 0 Å². The van der Waals surface area contributed by atoms with Gasteiger partial charge in [0, 0.05) is 0 Å². The van der Waals surface area contributed by atoms with E-state index in [0.29, 0.717) is 3.72 Å². The van der Waals surface area contributed by atoms with Crippen LogP contribution in [0, 0.1) is 5.41 Å². The summed E-state index contributed by atoms with van der Waals surface area (Å²) in [5, 5.41) is 6.89. The molecule has 0 aliphatic heterocycles. The first-order valence-corrected chi connectivity index (χ1v) is 3.27. The third-order valence-corrected chi connectivity index (χ3v) is 0.776. The topological polar surface area (TPSA) is 23.9 Å². The van der Waals surface area contributed by atoms with E-state index in [2.05, 4.69) is 12.6 Å². The Labute approximate surface area is 62.2 Å². The minimum Gasteiger partial charge on any atom is -0.294 e. The zero-order valence-corrected chi connectivity index (χ0v) is 6.95. The van der Waals surface area contributed by atoms with Gasteiger partial charge in [-0.2, -0.15) is 0 Å². The van der Waals surface area contributed by atoms with Crippen LogP contribution in [-0.4, -0.2) is 3.72 Å². The Morgan fingerprint density at radius 2 is 2.29 bits per heavy atom. The van der Waals surface area contributed by atoms with Crippen LogP contribution >= 0.6 is 35.2 Å². The van der Waals surface area contributed by atoms with Crippen LogP contribution in [0.15, 0.2) is 11.0 Å². The largest absolute Gasteiger partial charge is 0.294 e. The SMILES string of the molecule is C/C(S)=C/C(=N)I. The van der Waals surface area contributed by atoms with Crippen LogP contribution in [0.4, 0.5) is 0 Å². The summed E-state index contributed by atoms with van der Waals surface area (Å²) in [6.45, 7) is 1.84. The Balaban J connectivity index is 3.68. The zero-order chi connectivity index (χ0) is 5.86. The van der Waals surface area contributed by atoms with Crippen molar-refractivity contribution in [1.82, 2.24) is 0 Å². The van der Waals surface area contributed by atoms with Gasteiger partial charge < -0.3 is 0 Å². The number of allylic oxidation sites excluding steroid dienone is 2. The van der Waals surface area contributed by atoms with Crippen LogP contribution in [0.5, 0.6) is 0 Å². The molecule has 3 heteroatoms. The lowest BCUT2D eigenvalue weighted by atomic mass is 10.6. The van der Waals surface area contributed by atoms with Crippen molar-refractivity contribution in [2.45, 2.75) is 6.92 Å². The summed E-state index contributed by atoms with van der Waals surface area (Å²) in [5.41, 5.74) is 0. The first-order chi connectivity index (χ1) is 3.13. The van der Waals surface area contributed by atoms with Crippen LogP contribution < -0.4 is 0 Å². The first kappa shape index (κ1) is 7.49. The molecule has 0 radical (unpaired) electrons. The molecule has 7 heavy (non-hydrogen) atoms. The molecule has 0 saturated carbocycles. The molecule has 0 saturated heterocycles. The van der Waals surface area contributed by atoms with Gasteiger partial charge in [-0.3, -0.25) is 5.41 Å². The fraction of sp³-hybridized carbons (Fsp3) is 0.250. The van der Waals surface area contributed by atoms with E-state index in [0.717, 1.165) is 4.91 Å². The monoisotopic (exact) mass is 227 g/mol. The van der Waals surface area contributed by atoms with E-state index in [9.17, 15) is 0 Å². The summed E-state index contributed by atoms with van der Waals surface area (Å²) >= 11 is 5.87. The van der Waals surface area contributed by atoms with E-state index in [1.807, 2.05) is 29.5 Å². The maximum absolute atomic E-state index is 6.89. The predicted molar refractivity (Wildman–Crippen MR) is 44.5 cm³/mol. The Bertz CT molecular complexity index is 104. The Hall–Kier alpha value is 0.490. The quantitative estimate of drug-likeness (QED) is 0.390. The molecule has 0 unspecified atom stereocenters. The van der Waals surface area contributed by atoms with Crippen LogP contribution in [-0.2, 0) is 0 Å². The zero-order valence-electron chi connectivity index (χ0n) is 3.90. The molecule has 0 rings (SSSR count). The lowest BCUT2D eigenvalue weighted by molar-refractivity contribution is 1.56. The molecule has 40 valence electrons. The van der Waals surface area contributed by atoms with Crippen molar-refractivity contribution in [3.05, 3.63) is 11.0 Å². The molecule has 0 aromatic rings. The van der Waals surface area contributed by atoms with Crippen molar-refractivity contribution >= 4 is 38.9 Å². The third-order valence-electron chi connectivity index (χ3n) is 0.336. The second-order valence-electron chi connectivity index (χ2n) is 1.13. The molecule has 0 fully saturated rings. The molecule has 0 aliphatic carbocycles. The molecule has 0 aromatic carbocycles. The summed E-state index contributed by atoms with van der Waals surface area (Å²) in [7, 11) is 0. The second kappa shape index (κ2) is 3.49. The van der Waals surface area contributed by atoms with E-state index < -0.39 is 0 Å². The summed E-state index contributed by atoms with van der Waals surface area (Å²) in [6, 6.07) is 0. The van der Waals surface area contributed by atoms with Gasteiger partial charge >= 0.3 is 0 Å².